The molecule has 5 nitrogen and oxygen atoms in total. The van der Waals surface area contributed by atoms with Crippen LogP contribution in [-0.4, -0.2) is 38.1 Å². The topological polar surface area (TPSA) is 50.8 Å². The van der Waals surface area contributed by atoms with Crippen LogP contribution in [0.5, 0.6) is 11.5 Å². The quantitative estimate of drug-likeness (QED) is 0.844. The molecule has 138 valence electrons. The zero-order valence-corrected chi connectivity index (χ0v) is 15.8. The lowest BCUT2D eigenvalue weighted by Gasteiger charge is -2.29. The van der Waals surface area contributed by atoms with Crippen LogP contribution in [0, 0.1) is 0 Å². The Morgan fingerprint density at radius 2 is 1.77 bits per heavy atom. The molecule has 0 unspecified atom stereocenters. The van der Waals surface area contributed by atoms with Crippen LogP contribution in [0.4, 0.5) is 0 Å². The van der Waals surface area contributed by atoms with Gasteiger partial charge in [-0.1, -0.05) is 23.7 Å². The number of carbonyl (C=O) groups is 1. The monoisotopic (exact) mass is 374 g/mol. The molecule has 3 rings (SSSR count). The van der Waals surface area contributed by atoms with E-state index in [0.717, 1.165) is 36.6 Å². The molecule has 0 bridgehead atoms. The largest absolute Gasteiger partial charge is 0.493 e. The van der Waals surface area contributed by atoms with Gasteiger partial charge in [0.2, 0.25) is 5.91 Å². The third-order valence-corrected chi connectivity index (χ3v) is 4.82. The van der Waals surface area contributed by atoms with Crippen molar-refractivity contribution in [2.75, 3.05) is 27.3 Å². The minimum Gasteiger partial charge on any atom is -0.493 e. The van der Waals surface area contributed by atoms with E-state index < -0.39 is 0 Å². The lowest BCUT2D eigenvalue weighted by molar-refractivity contribution is -0.122. The molecule has 0 radical (unpaired) electrons. The molecule has 0 atom stereocenters. The van der Waals surface area contributed by atoms with Gasteiger partial charge >= 0.3 is 0 Å². The summed E-state index contributed by atoms with van der Waals surface area (Å²) in [7, 11) is 3.28. The second kappa shape index (κ2) is 8.43. The number of fused-ring (bicyclic) bond motifs is 1. The third kappa shape index (κ3) is 4.48. The summed E-state index contributed by atoms with van der Waals surface area (Å²) in [5, 5.41) is 3.66. The van der Waals surface area contributed by atoms with E-state index in [1.165, 1.54) is 11.1 Å². The standard InChI is InChI=1S/C20H23ClN2O3/c1-25-18-9-15-7-8-23(12-16(15)10-19(18)26-2)13-20(24)22-11-14-3-5-17(21)6-4-14/h3-6,9-10H,7-8,11-13H2,1-2H3,(H,22,24). The fourth-order valence-corrected chi connectivity index (χ4v) is 3.26. The number of hydrogen-bond acceptors (Lipinski definition) is 4. The molecule has 2 aromatic carbocycles. The first-order valence-corrected chi connectivity index (χ1v) is 8.94. The Kier molecular flexibility index (Phi) is 6.01. The highest BCUT2D eigenvalue weighted by Crippen LogP contribution is 2.33. The number of rotatable bonds is 6. The molecule has 1 N–H and O–H groups in total. The lowest BCUT2D eigenvalue weighted by Crippen LogP contribution is -2.39. The summed E-state index contributed by atoms with van der Waals surface area (Å²) in [4.78, 5) is 14.4. The van der Waals surface area contributed by atoms with Crippen molar-refractivity contribution in [1.82, 2.24) is 10.2 Å². The Balaban J connectivity index is 1.56. The highest BCUT2D eigenvalue weighted by molar-refractivity contribution is 6.30. The zero-order chi connectivity index (χ0) is 18.5. The van der Waals surface area contributed by atoms with Gasteiger partial charge in [-0.2, -0.15) is 0 Å². The van der Waals surface area contributed by atoms with E-state index in [4.69, 9.17) is 21.1 Å². The van der Waals surface area contributed by atoms with E-state index in [2.05, 4.69) is 10.2 Å². The van der Waals surface area contributed by atoms with Gasteiger partial charge in [-0.3, -0.25) is 9.69 Å². The summed E-state index contributed by atoms with van der Waals surface area (Å²) in [5.74, 6) is 1.49. The third-order valence-electron chi connectivity index (χ3n) is 4.57. The molecule has 1 amide bonds. The summed E-state index contributed by atoms with van der Waals surface area (Å²) < 4.78 is 10.7. The Morgan fingerprint density at radius 1 is 1.12 bits per heavy atom. The Morgan fingerprint density at radius 3 is 2.42 bits per heavy atom. The molecule has 1 heterocycles. The van der Waals surface area contributed by atoms with Crippen molar-refractivity contribution in [2.24, 2.45) is 0 Å². The smallest absolute Gasteiger partial charge is 0.234 e. The maximum atomic E-state index is 12.3. The fourth-order valence-electron chi connectivity index (χ4n) is 3.14. The van der Waals surface area contributed by atoms with Gasteiger partial charge < -0.3 is 14.8 Å². The summed E-state index contributed by atoms with van der Waals surface area (Å²) in [6.45, 7) is 2.45. The number of carbonyl (C=O) groups excluding carboxylic acids is 1. The van der Waals surface area contributed by atoms with E-state index in [1.807, 2.05) is 36.4 Å². The Bertz CT molecular complexity index is 777. The van der Waals surface area contributed by atoms with E-state index in [-0.39, 0.29) is 5.91 Å². The fraction of sp³-hybridized carbons (Fsp3) is 0.350. The van der Waals surface area contributed by atoms with E-state index in [0.29, 0.717) is 18.1 Å². The number of hydrogen-bond donors (Lipinski definition) is 1. The van der Waals surface area contributed by atoms with Crippen LogP contribution in [-0.2, 0) is 24.3 Å². The first-order valence-electron chi connectivity index (χ1n) is 8.56. The van der Waals surface area contributed by atoms with Crippen molar-refractivity contribution in [3.05, 3.63) is 58.1 Å². The van der Waals surface area contributed by atoms with Gasteiger partial charge in [-0.05, 0) is 47.4 Å². The summed E-state index contributed by atoms with van der Waals surface area (Å²) >= 11 is 5.87. The molecule has 0 saturated carbocycles. The van der Waals surface area contributed by atoms with Gasteiger partial charge in [0.15, 0.2) is 11.5 Å². The van der Waals surface area contributed by atoms with Crippen LogP contribution in [0.2, 0.25) is 5.02 Å². The number of amides is 1. The molecule has 0 aliphatic carbocycles. The molecule has 26 heavy (non-hydrogen) atoms. The van der Waals surface area contributed by atoms with Gasteiger partial charge in [0.25, 0.3) is 0 Å². The second-order valence-electron chi connectivity index (χ2n) is 6.34. The second-order valence-corrected chi connectivity index (χ2v) is 6.78. The van der Waals surface area contributed by atoms with Crippen molar-refractivity contribution in [1.29, 1.82) is 0 Å². The molecule has 6 heteroatoms. The average Bonchev–Trinajstić information content (AvgIpc) is 2.66. The van der Waals surface area contributed by atoms with Crippen molar-refractivity contribution in [3.63, 3.8) is 0 Å². The molecule has 2 aromatic rings. The molecule has 0 spiro atoms. The molecule has 0 fully saturated rings. The predicted molar refractivity (Wildman–Crippen MR) is 102 cm³/mol. The van der Waals surface area contributed by atoms with Gasteiger partial charge in [-0.25, -0.2) is 0 Å². The van der Waals surface area contributed by atoms with Crippen LogP contribution in [0.3, 0.4) is 0 Å². The number of ether oxygens (including phenoxy) is 2. The van der Waals surface area contributed by atoms with E-state index in [1.54, 1.807) is 14.2 Å². The lowest BCUT2D eigenvalue weighted by atomic mass is 9.99. The summed E-state index contributed by atoms with van der Waals surface area (Å²) in [6, 6.07) is 11.5. The van der Waals surface area contributed by atoms with Crippen LogP contribution >= 0.6 is 11.6 Å². The van der Waals surface area contributed by atoms with Gasteiger partial charge in [-0.15, -0.1) is 0 Å². The number of nitrogens with zero attached hydrogens (tertiary/aromatic N) is 1. The number of halogens is 1. The maximum absolute atomic E-state index is 12.3. The first kappa shape index (κ1) is 18.5. The van der Waals surface area contributed by atoms with Crippen LogP contribution in [0.15, 0.2) is 36.4 Å². The Hall–Kier alpha value is -2.24. The number of nitrogens with one attached hydrogen (secondary N) is 1. The number of benzene rings is 2. The molecular weight excluding hydrogens is 352 g/mol. The molecule has 0 saturated heterocycles. The minimum absolute atomic E-state index is 0.0175. The number of methoxy groups -OCH3 is 2. The van der Waals surface area contributed by atoms with Crippen LogP contribution in [0.25, 0.3) is 0 Å². The van der Waals surface area contributed by atoms with E-state index >= 15 is 0 Å². The Labute approximate surface area is 158 Å². The first-order chi connectivity index (χ1) is 12.6. The zero-order valence-electron chi connectivity index (χ0n) is 15.0. The average molecular weight is 375 g/mol. The highest BCUT2D eigenvalue weighted by atomic mass is 35.5. The van der Waals surface area contributed by atoms with Gasteiger partial charge in [0.1, 0.15) is 0 Å². The summed E-state index contributed by atoms with van der Waals surface area (Å²) in [5.41, 5.74) is 3.46. The van der Waals surface area contributed by atoms with Gasteiger partial charge in [0.05, 0.1) is 20.8 Å². The molecular formula is C20H23ClN2O3. The molecule has 1 aliphatic rings. The highest BCUT2D eigenvalue weighted by Gasteiger charge is 2.21. The normalized spacial score (nSPS) is 13.8. The summed E-state index contributed by atoms with van der Waals surface area (Å²) in [6.07, 6.45) is 0.889. The maximum Gasteiger partial charge on any atom is 0.234 e. The molecule has 0 aromatic heterocycles. The predicted octanol–water partition coefficient (Wildman–Crippen LogP) is 3.03. The van der Waals surface area contributed by atoms with E-state index in [9.17, 15) is 4.79 Å². The molecule has 1 aliphatic heterocycles. The van der Waals surface area contributed by atoms with Crippen molar-refractivity contribution in [3.8, 4) is 11.5 Å². The van der Waals surface area contributed by atoms with Crippen molar-refractivity contribution >= 4 is 17.5 Å². The SMILES string of the molecule is COc1cc2c(cc1OC)CN(CC(=O)NCc1ccc(Cl)cc1)CC2. The van der Waals surface area contributed by atoms with Gasteiger partial charge in [0, 0.05) is 24.7 Å². The van der Waals surface area contributed by atoms with Crippen LogP contribution < -0.4 is 14.8 Å². The minimum atomic E-state index is 0.0175. The van der Waals surface area contributed by atoms with Crippen LogP contribution in [0.1, 0.15) is 16.7 Å². The van der Waals surface area contributed by atoms with Crippen molar-refractivity contribution in [2.45, 2.75) is 19.5 Å². The van der Waals surface area contributed by atoms with Crippen molar-refractivity contribution < 1.29 is 14.3 Å².